The van der Waals surface area contributed by atoms with Gasteiger partial charge in [-0.05, 0) is 37.3 Å². The standard InChI is InChI=1S/C21H18F3N5O2/c1-12-18(13-5-7-25-8-6-13)27-28-19(12)26-20(31)14-9-17(30)29(11-14)16-4-2-3-15(10-16)21(22,23)24/h2-8,10,14H,9,11H2,1H3,(H2,26,27,28,31). The normalized spacial score (nSPS) is 16.6. The maximum atomic E-state index is 13.0. The second-order valence-electron chi connectivity index (χ2n) is 7.25. The Morgan fingerprint density at radius 2 is 1.97 bits per heavy atom. The van der Waals surface area contributed by atoms with E-state index in [4.69, 9.17) is 0 Å². The van der Waals surface area contributed by atoms with Crippen molar-refractivity contribution in [2.45, 2.75) is 19.5 Å². The minimum Gasteiger partial charge on any atom is -0.312 e. The molecular weight excluding hydrogens is 411 g/mol. The third-order valence-electron chi connectivity index (χ3n) is 5.20. The van der Waals surface area contributed by atoms with Gasteiger partial charge in [0.05, 0.1) is 17.2 Å². The number of alkyl halides is 3. The van der Waals surface area contributed by atoms with Crippen molar-refractivity contribution in [3.05, 3.63) is 59.9 Å². The lowest BCUT2D eigenvalue weighted by molar-refractivity contribution is -0.137. The molecule has 1 unspecified atom stereocenters. The van der Waals surface area contributed by atoms with E-state index in [-0.39, 0.29) is 18.7 Å². The molecule has 10 heteroatoms. The largest absolute Gasteiger partial charge is 0.416 e. The maximum absolute atomic E-state index is 13.0. The number of carbonyl (C=O) groups is 2. The molecule has 7 nitrogen and oxygen atoms in total. The molecule has 3 aromatic rings. The number of hydrogen-bond acceptors (Lipinski definition) is 4. The quantitative estimate of drug-likeness (QED) is 0.660. The number of pyridine rings is 1. The summed E-state index contributed by atoms with van der Waals surface area (Å²) >= 11 is 0. The second-order valence-corrected chi connectivity index (χ2v) is 7.25. The third-order valence-corrected chi connectivity index (χ3v) is 5.20. The first-order chi connectivity index (χ1) is 14.7. The molecule has 0 saturated carbocycles. The van der Waals surface area contributed by atoms with Crippen LogP contribution in [0.5, 0.6) is 0 Å². The van der Waals surface area contributed by atoms with E-state index in [0.717, 1.165) is 29.0 Å². The van der Waals surface area contributed by atoms with Gasteiger partial charge in [-0.3, -0.25) is 19.7 Å². The fourth-order valence-electron chi connectivity index (χ4n) is 3.52. The number of carbonyl (C=O) groups excluding carboxylic acids is 2. The Morgan fingerprint density at radius 1 is 1.23 bits per heavy atom. The van der Waals surface area contributed by atoms with Gasteiger partial charge in [-0.15, -0.1) is 0 Å². The number of halogens is 3. The summed E-state index contributed by atoms with van der Waals surface area (Å²) in [5.74, 6) is -1.20. The van der Waals surface area contributed by atoms with Crippen molar-refractivity contribution in [1.29, 1.82) is 0 Å². The SMILES string of the molecule is Cc1c(NC(=O)C2CC(=O)N(c3cccc(C(F)(F)F)c3)C2)n[nH]c1-c1ccncc1. The monoisotopic (exact) mass is 429 g/mol. The minimum atomic E-state index is -4.51. The molecule has 1 aromatic carbocycles. The molecule has 2 amide bonds. The molecule has 1 saturated heterocycles. The van der Waals surface area contributed by atoms with E-state index in [9.17, 15) is 22.8 Å². The van der Waals surface area contributed by atoms with Gasteiger partial charge in [0.25, 0.3) is 0 Å². The van der Waals surface area contributed by atoms with Crippen molar-refractivity contribution < 1.29 is 22.8 Å². The Kier molecular flexibility index (Phi) is 5.22. The lowest BCUT2D eigenvalue weighted by atomic mass is 10.1. The smallest absolute Gasteiger partial charge is 0.312 e. The molecular formula is C21H18F3N5O2. The number of nitrogens with zero attached hydrogens (tertiary/aromatic N) is 3. The van der Waals surface area contributed by atoms with E-state index in [1.54, 1.807) is 31.5 Å². The number of amides is 2. The highest BCUT2D eigenvalue weighted by Crippen LogP contribution is 2.34. The van der Waals surface area contributed by atoms with Crippen LogP contribution in [0.15, 0.2) is 48.8 Å². The van der Waals surface area contributed by atoms with Crippen LogP contribution in [0.25, 0.3) is 11.3 Å². The van der Waals surface area contributed by atoms with Crippen LogP contribution in [0, 0.1) is 12.8 Å². The number of aromatic amines is 1. The van der Waals surface area contributed by atoms with Crippen LogP contribution in [-0.2, 0) is 15.8 Å². The van der Waals surface area contributed by atoms with Gasteiger partial charge in [0.1, 0.15) is 0 Å². The number of H-pyrrole nitrogens is 1. The van der Waals surface area contributed by atoms with Gasteiger partial charge in [0, 0.05) is 42.2 Å². The summed E-state index contributed by atoms with van der Waals surface area (Å²) in [6.45, 7) is 1.79. The third kappa shape index (κ3) is 4.14. The highest BCUT2D eigenvalue weighted by Gasteiger charge is 2.37. The molecule has 31 heavy (non-hydrogen) atoms. The van der Waals surface area contributed by atoms with Crippen LogP contribution in [0.4, 0.5) is 24.7 Å². The Bertz CT molecular complexity index is 1130. The Morgan fingerprint density at radius 3 is 2.68 bits per heavy atom. The molecule has 1 aliphatic rings. The van der Waals surface area contributed by atoms with Crippen molar-refractivity contribution in [3.8, 4) is 11.3 Å². The number of hydrogen-bond donors (Lipinski definition) is 2. The summed E-state index contributed by atoms with van der Waals surface area (Å²) in [5.41, 5.74) is 1.57. The molecule has 1 aliphatic heterocycles. The van der Waals surface area contributed by atoms with E-state index in [2.05, 4.69) is 20.5 Å². The van der Waals surface area contributed by atoms with Crippen LogP contribution in [0.3, 0.4) is 0 Å². The number of rotatable bonds is 4. The molecule has 2 N–H and O–H groups in total. The Labute approximate surface area is 175 Å². The number of anilines is 2. The molecule has 1 fully saturated rings. The van der Waals surface area contributed by atoms with E-state index < -0.39 is 29.5 Å². The molecule has 0 aliphatic carbocycles. The van der Waals surface area contributed by atoms with Gasteiger partial charge >= 0.3 is 6.18 Å². The van der Waals surface area contributed by atoms with Gasteiger partial charge in [-0.25, -0.2) is 0 Å². The fourth-order valence-corrected chi connectivity index (χ4v) is 3.52. The Balaban J connectivity index is 1.48. The molecule has 3 heterocycles. The lowest BCUT2D eigenvalue weighted by Crippen LogP contribution is -2.28. The average Bonchev–Trinajstić information content (AvgIpc) is 3.31. The molecule has 0 bridgehead atoms. The molecule has 2 aromatic heterocycles. The summed E-state index contributed by atoms with van der Waals surface area (Å²) in [4.78, 5) is 30.3. The molecule has 4 rings (SSSR count). The second kappa shape index (κ2) is 7.86. The van der Waals surface area contributed by atoms with Crippen LogP contribution in [0.1, 0.15) is 17.5 Å². The van der Waals surface area contributed by atoms with Crippen LogP contribution in [0.2, 0.25) is 0 Å². The van der Waals surface area contributed by atoms with Crippen LogP contribution < -0.4 is 10.2 Å². The van der Waals surface area contributed by atoms with E-state index in [1.807, 2.05) is 0 Å². The van der Waals surface area contributed by atoms with Gasteiger partial charge in [-0.1, -0.05) is 6.07 Å². The lowest BCUT2D eigenvalue weighted by Gasteiger charge is -2.18. The molecule has 0 radical (unpaired) electrons. The average molecular weight is 429 g/mol. The van der Waals surface area contributed by atoms with Gasteiger partial charge in [-0.2, -0.15) is 18.3 Å². The number of nitrogens with one attached hydrogen (secondary N) is 2. The maximum Gasteiger partial charge on any atom is 0.416 e. The van der Waals surface area contributed by atoms with Crippen LogP contribution in [-0.4, -0.2) is 33.5 Å². The summed E-state index contributed by atoms with van der Waals surface area (Å²) in [6, 6.07) is 8.12. The predicted octanol–water partition coefficient (Wildman–Crippen LogP) is 3.79. The summed E-state index contributed by atoms with van der Waals surface area (Å²) in [6.07, 6.45) is -1.33. The zero-order chi connectivity index (χ0) is 22.2. The van der Waals surface area contributed by atoms with E-state index in [0.29, 0.717) is 5.82 Å². The van der Waals surface area contributed by atoms with Crippen molar-refractivity contribution in [1.82, 2.24) is 15.2 Å². The molecule has 160 valence electrons. The van der Waals surface area contributed by atoms with Gasteiger partial charge < -0.3 is 10.2 Å². The summed E-state index contributed by atoms with van der Waals surface area (Å²) in [5, 5.41) is 9.73. The van der Waals surface area contributed by atoms with Gasteiger partial charge in [0.15, 0.2) is 5.82 Å². The zero-order valence-electron chi connectivity index (χ0n) is 16.4. The minimum absolute atomic E-state index is 0.00728. The zero-order valence-corrected chi connectivity index (χ0v) is 16.4. The topological polar surface area (TPSA) is 91.0 Å². The van der Waals surface area contributed by atoms with Crippen molar-refractivity contribution in [3.63, 3.8) is 0 Å². The van der Waals surface area contributed by atoms with Crippen molar-refractivity contribution >= 4 is 23.3 Å². The molecule has 1 atom stereocenters. The highest BCUT2D eigenvalue weighted by atomic mass is 19.4. The van der Waals surface area contributed by atoms with Crippen LogP contribution >= 0.6 is 0 Å². The first-order valence-corrected chi connectivity index (χ1v) is 9.48. The Hall–Kier alpha value is -3.69. The number of aromatic nitrogens is 3. The summed E-state index contributed by atoms with van der Waals surface area (Å²) in [7, 11) is 0. The van der Waals surface area contributed by atoms with E-state index in [1.165, 1.54) is 17.0 Å². The predicted molar refractivity (Wildman–Crippen MR) is 107 cm³/mol. The van der Waals surface area contributed by atoms with Crippen molar-refractivity contribution in [2.75, 3.05) is 16.8 Å². The fraction of sp³-hybridized carbons (Fsp3) is 0.238. The first-order valence-electron chi connectivity index (χ1n) is 9.48. The van der Waals surface area contributed by atoms with Crippen molar-refractivity contribution in [2.24, 2.45) is 5.92 Å². The number of benzene rings is 1. The van der Waals surface area contributed by atoms with E-state index >= 15 is 0 Å². The highest BCUT2D eigenvalue weighted by molar-refractivity contribution is 6.03. The first kappa shape index (κ1) is 20.6. The molecule has 0 spiro atoms. The van der Waals surface area contributed by atoms with Gasteiger partial charge in [0.2, 0.25) is 11.8 Å². The summed E-state index contributed by atoms with van der Waals surface area (Å²) < 4.78 is 38.9.